The normalized spacial score (nSPS) is 11.2. The van der Waals surface area contributed by atoms with Gasteiger partial charge in [-0.15, -0.1) is 0 Å². The second kappa shape index (κ2) is 10.1. The van der Waals surface area contributed by atoms with Crippen molar-refractivity contribution in [3.05, 3.63) is 65.1 Å². The number of nitrogens with one attached hydrogen (secondary N) is 2. The number of thiol groups is 1. The average Bonchev–Trinajstić information content (AvgIpc) is 3.16. The summed E-state index contributed by atoms with van der Waals surface area (Å²) in [4.78, 5) is 9.20. The summed E-state index contributed by atoms with van der Waals surface area (Å²) in [6, 6.07) is 13.4. The highest BCUT2D eigenvalue weighted by molar-refractivity contribution is 7.70. The fraction of sp³-hybridized carbons (Fsp3) is 0.261. The van der Waals surface area contributed by atoms with Gasteiger partial charge >= 0.3 is 0 Å². The van der Waals surface area contributed by atoms with E-state index in [1.165, 1.54) is 0 Å². The summed E-state index contributed by atoms with van der Waals surface area (Å²) in [6.45, 7) is 4.56. The van der Waals surface area contributed by atoms with Crippen molar-refractivity contribution in [1.82, 2.24) is 24.3 Å². The first-order valence-electron chi connectivity index (χ1n) is 10.6. The molecule has 2 N–H and O–H groups in total. The highest BCUT2D eigenvalue weighted by Crippen LogP contribution is 2.35. The number of benzene rings is 2. The molecule has 34 heavy (non-hydrogen) atoms. The summed E-state index contributed by atoms with van der Waals surface area (Å²) < 4.78 is 36.3. The molecule has 11 heteroatoms. The van der Waals surface area contributed by atoms with Crippen molar-refractivity contribution in [3.8, 4) is 22.6 Å². The van der Waals surface area contributed by atoms with Crippen LogP contribution in [0.25, 0.3) is 16.8 Å². The van der Waals surface area contributed by atoms with Gasteiger partial charge in [0.05, 0.1) is 19.9 Å². The number of hydrogen-bond acceptors (Lipinski definition) is 8. The summed E-state index contributed by atoms with van der Waals surface area (Å²) >= 11 is 0. The van der Waals surface area contributed by atoms with Crippen molar-refractivity contribution in [1.29, 1.82) is 0 Å². The van der Waals surface area contributed by atoms with Crippen LogP contribution < -0.4 is 19.5 Å². The minimum Gasteiger partial charge on any atom is -0.493 e. The molecule has 2 aromatic heterocycles. The van der Waals surface area contributed by atoms with E-state index in [0.29, 0.717) is 35.5 Å². The zero-order chi connectivity index (χ0) is 24.2. The van der Waals surface area contributed by atoms with Crippen LogP contribution in [0.4, 0.5) is 5.95 Å². The third kappa shape index (κ3) is 4.95. The molecule has 0 aliphatic heterocycles. The number of ether oxygens (including phenoxy) is 2. The van der Waals surface area contributed by atoms with Crippen LogP contribution in [-0.2, 0) is 24.0 Å². The molecule has 0 aliphatic rings. The van der Waals surface area contributed by atoms with Crippen molar-refractivity contribution in [2.75, 3.05) is 19.5 Å². The molecule has 0 saturated carbocycles. The summed E-state index contributed by atoms with van der Waals surface area (Å²) in [5.41, 5.74) is 5.20. The van der Waals surface area contributed by atoms with Gasteiger partial charge in [-0.2, -0.15) is 14.6 Å². The lowest BCUT2D eigenvalue weighted by atomic mass is 10.1. The number of aryl methyl sites for hydroxylation is 2. The molecule has 4 aromatic rings. The van der Waals surface area contributed by atoms with E-state index in [9.17, 15) is 8.42 Å². The number of anilines is 1. The molecule has 2 aromatic carbocycles. The van der Waals surface area contributed by atoms with Gasteiger partial charge < -0.3 is 14.8 Å². The zero-order valence-corrected chi connectivity index (χ0v) is 20.2. The number of fused-ring (bicyclic) bond motifs is 1. The lowest BCUT2D eigenvalue weighted by molar-refractivity contribution is 0.355. The first-order valence-corrected chi connectivity index (χ1v) is 11.7. The van der Waals surface area contributed by atoms with E-state index in [-0.39, 0.29) is 6.54 Å². The van der Waals surface area contributed by atoms with Crippen LogP contribution in [0, 0.1) is 13.8 Å². The second-order valence-electron chi connectivity index (χ2n) is 7.62. The molecule has 0 atom stereocenters. The molecule has 178 valence electrons. The first kappa shape index (κ1) is 23.5. The van der Waals surface area contributed by atoms with Crippen LogP contribution in [0.3, 0.4) is 0 Å². The maximum absolute atomic E-state index is 10.7. The van der Waals surface area contributed by atoms with Crippen LogP contribution in [0.15, 0.2) is 42.5 Å². The smallest absolute Gasteiger partial charge is 0.227 e. The van der Waals surface area contributed by atoms with Gasteiger partial charge in [0.15, 0.2) is 17.1 Å². The van der Waals surface area contributed by atoms with Crippen molar-refractivity contribution in [3.63, 3.8) is 0 Å². The molecule has 0 aliphatic carbocycles. The molecule has 0 radical (unpaired) electrons. The van der Waals surface area contributed by atoms with Gasteiger partial charge in [-0.1, -0.05) is 30.3 Å². The maximum atomic E-state index is 10.7. The Morgan fingerprint density at radius 1 is 0.912 bits per heavy atom. The molecule has 2 heterocycles. The molecule has 10 nitrogen and oxygen atoms in total. The Labute approximate surface area is 199 Å². The summed E-state index contributed by atoms with van der Waals surface area (Å²) in [5.74, 6) is 2.47. The number of nitrogens with zero attached hydrogens (tertiary/aromatic N) is 4. The molecular formula is C23H26N6O4S. The van der Waals surface area contributed by atoms with Gasteiger partial charge in [-0.3, -0.25) is 0 Å². The van der Waals surface area contributed by atoms with Crippen molar-refractivity contribution >= 4 is 22.5 Å². The molecule has 0 fully saturated rings. The molecule has 0 unspecified atom stereocenters. The summed E-state index contributed by atoms with van der Waals surface area (Å²) in [6.07, 6.45) is 0. The van der Waals surface area contributed by atoms with E-state index in [1.54, 1.807) is 18.7 Å². The molecular weight excluding hydrogens is 456 g/mol. The Bertz CT molecular complexity index is 1390. The van der Waals surface area contributed by atoms with Gasteiger partial charge in [0.1, 0.15) is 5.82 Å². The first-order chi connectivity index (χ1) is 16.4. The molecule has 0 bridgehead atoms. The Morgan fingerprint density at radius 3 is 2.24 bits per heavy atom. The van der Waals surface area contributed by atoms with Gasteiger partial charge in [0.2, 0.25) is 16.8 Å². The summed E-state index contributed by atoms with van der Waals surface area (Å²) in [5, 5.41) is 8.03. The van der Waals surface area contributed by atoms with Gasteiger partial charge in [0.25, 0.3) is 0 Å². The Kier molecular flexibility index (Phi) is 6.94. The third-order valence-electron chi connectivity index (χ3n) is 5.33. The fourth-order valence-corrected chi connectivity index (χ4v) is 4.01. The largest absolute Gasteiger partial charge is 0.493 e. The van der Waals surface area contributed by atoms with Gasteiger partial charge in [-0.05, 0) is 42.7 Å². The SMILES string of the molecule is COc1ccc(-c2c(C)nn3c(NCc4ccc(CN[SH](=O)=O)cc4)nc(C)nc23)cc1OC. The monoisotopic (exact) mass is 482 g/mol. The van der Waals surface area contributed by atoms with Crippen LogP contribution >= 0.6 is 0 Å². The van der Waals surface area contributed by atoms with Crippen LogP contribution in [0.1, 0.15) is 22.6 Å². The van der Waals surface area contributed by atoms with Crippen LogP contribution in [-0.4, -0.2) is 42.2 Å². The predicted molar refractivity (Wildman–Crippen MR) is 130 cm³/mol. The zero-order valence-electron chi connectivity index (χ0n) is 19.3. The molecule has 4 rings (SSSR count). The average molecular weight is 483 g/mol. The Hall–Kier alpha value is -3.70. The number of hydrogen-bond donors (Lipinski definition) is 3. The lowest BCUT2D eigenvalue weighted by Gasteiger charge is -2.10. The fourth-order valence-electron chi connectivity index (χ4n) is 3.70. The maximum Gasteiger partial charge on any atom is 0.227 e. The standard InChI is InChI=1S/C23H26N6O4S/c1-14-21(18-9-10-19(32-3)20(11-18)33-4)22-26-15(2)27-23(29(22)28-14)24-12-16-5-7-17(8-6-16)13-25-34(30)31/h5-11,34H,12-13H2,1-4H3,(H,24,26,27)(H,25,30,31). The topological polar surface area (TPSA) is 120 Å². The van der Waals surface area contributed by atoms with Crippen molar-refractivity contribution < 1.29 is 17.9 Å². The minimum atomic E-state index is -2.61. The Morgan fingerprint density at radius 2 is 1.59 bits per heavy atom. The van der Waals surface area contributed by atoms with Crippen LogP contribution in [0.2, 0.25) is 0 Å². The molecule has 0 amide bonds. The summed E-state index contributed by atoms with van der Waals surface area (Å²) in [7, 11) is 0.596. The van der Waals surface area contributed by atoms with Crippen molar-refractivity contribution in [2.45, 2.75) is 26.9 Å². The number of methoxy groups -OCH3 is 2. The number of rotatable bonds is 9. The van der Waals surface area contributed by atoms with E-state index >= 15 is 0 Å². The van der Waals surface area contributed by atoms with E-state index < -0.39 is 10.9 Å². The van der Waals surface area contributed by atoms with E-state index in [4.69, 9.17) is 9.47 Å². The lowest BCUT2D eigenvalue weighted by Crippen LogP contribution is -2.11. The minimum absolute atomic E-state index is 0.267. The predicted octanol–water partition coefficient (Wildman–Crippen LogP) is 2.65. The van der Waals surface area contributed by atoms with Gasteiger partial charge in [0, 0.05) is 18.7 Å². The highest BCUT2D eigenvalue weighted by Gasteiger charge is 2.18. The van der Waals surface area contributed by atoms with E-state index in [0.717, 1.165) is 27.9 Å². The second-order valence-corrected chi connectivity index (χ2v) is 8.45. The highest BCUT2D eigenvalue weighted by atomic mass is 32.2. The van der Waals surface area contributed by atoms with E-state index in [1.807, 2.05) is 56.3 Å². The third-order valence-corrected chi connectivity index (χ3v) is 5.75. The Balaban J connectivity index is 1.63. The quantitative estimate of drug-likeness (QED) is 0.312. The van der Waals surface area contributed by atoms with Crippen LogP contribution in [0.5, 0.6) is 11.5 Å². The van der Waals surface area contributed by atoms with E-state index in [2.05, 4.69) is 25.1 Å². The van der Waals surface area contributed by atoms with Gasteiger partial charge in [-0.25, -0.2) is 18.1 Å². The van der Waals surface area contributed by atoms with Crippen molar-refractivity contribution in [2.24, 2.45) is 0 Å². The molecule has 0 spiro atoms. The number of aromatic nitrogens is 4. The molecule has 0 saturated heterocycles.